The maximum Gasteiger partial charge on any atom is 0.275 e. The van der Waals surface area contributed by atoms with Gasteiger partial charge in [0.1, 0.15) is 10.7 Å². The maximum absolute atomic E-state index is 12.2. The zero-order chi connectivity index (χ0) is 16.4. The van der Waals surface area contributed by atoms with Crippen molar-refractivity contribution in [3.8, 4) is 0 Å². The van der Waals surface area contributed by atoms with Crippen LogP contribution in [0.15, 0.2) is 42.7 Å². The summed E-state index contributed by atoms with van der Waals surface area (Å²) in [5.74, 6) is -0.00419. The third-order valence-electron chi connectivity index (χ3n) is 3.26. The number of carbonyl (C=O) groups excluding carboxylic acids is 1. The average molecular weight is 350 g/mol. The quantitative estimate of drug-likeness (QED) is 0.786. The molecule has 0 aliphatic heterocycles. The van der Waals surface area contributed by atoms with E-state index >= 15 is 0 Å². The Hall–Kier alpha value is -2.31. The summed E-state index contributed by atoms with van der Waals surface area (Å²) in [6.45, 7) is 0.526. The van der Waals surface area contributed by atoms with Gasteiger partial charge in [0.15, 0.2) is 5.82 Å². The number of benzene rings is 1. The first kappa shape index (κ1) is 15.6. The molecule has 1 aromatic carbocycles. The highest BCUT2D eigenvalue weighted by Gasteiger charge is 2.14. The predicted molar refractivity (Wildman–Crippen MR) is 89.0 cm³/mol. The molecule has 0 spiro atoms. The Kier molecular flexibility index (Phi) is 4.36. The van der Waals surface area contributed by atoms with Crippen LogP contribution in [-0.4, -0.2) is 25.5 Å². The average Bonchev–Trinajstić information content (AvgIpc) is 3.08. The van der Waals surface area contributed by atoms with Crippen LogP contribution in [0.3, 0.4) is 0 Å². The van der Waals surface area contributed by atoms with Gasteiger partial charge in [-0.05, 0) is 23.8 Å². The molecular weight excluding hydrogens is 337 g/mol. The second kappa shape index (κ2) is 6.44. The van der Waals surface area contributed by atoms with Gasteiger partial charge in [-0.3, -0.25) is 14.2 Å². The molecule has 0 saturated carbocycles. The molecule has 0 saturated heterocycles. The number of carbonyl (C=O) groups is 1. The van der Waals surface area contributed by atoms with Crippen LogP contribution in [-0.2, 0) is 13.6 Å². The Labute approximate surface area is 142 Å². The summed E-state index contributed by atoms with van der Waals surface area (Å²) >= 11 is 12.0. The normalized spacial score (nSPS) is 10.7. The van der Waals surface area contributed by atoms with Gasteiger partial charge in [-0.1, -0.05) is 35.3 Å². The van der Waals surface area contributed by atoms with Crippen molar-refractivity contribution < 1.29 is 4.79 Å². The number of aromatic nitrogens is 4. The Bertz CT molecular complexity index is 838. The molecule has 2 aromatic heterocycles. The summed E-state index contributed by atoms with van der Waals surface area (Å²) in [7, 11) is 1.69. The van der Waals surface area contributed by atoms with Gasteiger partial charge < -0.3 is 5.32 Å². The summed E-state index contributed by atoms with van der Waals surface area (Å²) in [5, 5.41) is 12.0. The van der Waals surface area contributed by atoms with E-state index in [2.05, 4.69) is 15.5 Å². The van der Waals surface area contributed by atoms with E-state index in [-0.39, 0.29) is 5.91 Å². The minimum absolute atomic E-state index is 0.312. The monoisotopic (exact) mass is 349 g/mol. The molecule has 3 aromatic rings. The molecule has 8 heteroatoms. The number of nitrogens with zero attached hydrogens (tertiary/aromatic N) is 4. The van der Waals surface area contributed by atoms with Gasteiger partial charge in [-0.2, -0.15) is 10.2 Å². The first-order valence-electron chi connectivity index (χ1n) is 6.79. The minimum atomic E-state index is -0.316. The number of halogens is 2. The van der Waals surface area contributed by atoms with Crippen LogP contribution in [0, 0.1) is 0 Å². The lowest BCUT2D eigenvalue weighted by atomic mass is 10.2. The summed E-state index contributed by atoms with van der Waals surface area (Å²) < 4.78 is 3.14. The second-order valence-electron chi connectivity index (χ2n) is 4.94. The fraction of sp³-hybridized carbons (Fsp3) is 0.133. The van der Waals surface area contributed by atoms with Gasteiger partial charge in [-0.15, -0.1) is 0 Å². The van der Waals surface area contributed by atoms with E-state index in [1.165, 1.54) is 4.68 Å². The second-order valence-corrected chi connectivity index (χ2v) is 5.79. The van der Waals surface area contributed by atoms with E-state index in [0.717, 1.165) is 5.56 Å². The molecule has 0 aliphatic rings. The van der Waals surface area contributed by atoms with Crippen molar-refractivity contribution in [2.24, 2.45) is 7.05 Å². The lowest BCUT2D eigenvalue weighted by Gasteiger charge is -2.03. The first-order chi connectivity index (χ1) is 11.0. The lowest BCUT2D eigenvalue weighted by Crippen LogP contribution is -2.16. The SMILES string of the molecule is Cn1nccc1C(=O)Nc1nn(Cc2ccc(Cl)cc2)cc1Cl. The fourth-order valence-electron chi connectivity index (χ4n) is 2.11. The Morgan fingerprint density at radius 2 is 1.96 bits per heavy atom. The van der Waals surface area contributed by atoms with Crippen molar-refractivity contribution >= 4 is 34.9 Å². The maximum atomic E-state index is 12.2. The summed E-state index contributed by atoms with van der Waals surface area (Å²) in [6.07, 6.45) is 3.21. The highest BCUT2D eigenvalue weighted by Crippen LogP contribution is 2.21. The molecule has 1 amide bonds. The Morgan fingerprint density at radius 1 is 1.22 bits per heavy atom. The summed E-state index contributed by atoms with van der Waals surface area (Å²) in [6, 6.07) is 9.06. The lowest BCUT2D eigenvalue weighted by molar-refractivity contribution is 0.101. The van der Waals surface area contributed by atoms with Crippen LogP contribution in [0.25, 0.3) is 0 Å². The zero-order valence-corrected chi connectivity index (χ0v) is 13.7. The standard InChI is InChI=1S/C15H13Cl2N5O/c1-21-13(6-7-18-21)15(23)19-14-12(17)9-22(20-14)8-10-2-4-11(16)5-3-10/h2-7,9H,8H2,1H3,(H,19,20,23). The minimum Gasteiger partial charge on any atom is -0.302 e. The molecular formula is C15H13Cl2N5O. The van der Waals surface area contributed by atoms with Crippen LogP contribution < -0.4 is 5.32 Å². The number of aryl methyl sites for hydroxylation is 1. The van der Waals surface area contributed by atoms with Crippen LogP contribution >= 0.6 is 23.2 Å². The van der Waals surface area contributed by atoms with E-state index in [9.17, 15) is 4.79 Å². The van der Waals surface area contributed by atoms with Crippen molar-refractivity contribution in [1.29, 1.82) is 0 Å². The molecule has 0 atom stereocenters. The molecule has 2 heterocycles. The van der Waals surface area contributed by atoms with Crippen LogP contribution in [0.1, 0.15) is 16.1 Å². The smallest absolute Gasteiger partial charge is 0.275 e. The molecule has 0 bridgehead atoms. The molecule has 3 rings (SSSR count). The Morgan fingerprint density at radius 3 is 2.61 bits per heavy atom. The number of rotatable bonds is 4. The van der Waals surface area contributed by atoms with E-state index in [0.29, 0.717) is 28.1 Å². The third-order valence-corrected chi connectivity index (χ3v) is 3.79. The highest BCUT2D eigenvalue weighted by molar-refractivity contribution is 6.33. The largest absolute Gasteiger partial charge is 0.302 e. The van der Waals surface area contributed by atoms with E-state index < -0.39 is 0 Å². The van der Waals surface area contributed by atoms with Crippen molar-refractivity contribution in [2.45, 2.75) is 6.54 Å². The van der Waals surface area contributed by atoms with Gasteiger partial charge in [0.2, 0.25) is 0 Å². The highest BCUT2D eigenvalue weighted by atomic mass is 35.5. The van der Waals surface area contributed by atoms with Crippen LogP contribution in [0.5, 0.6) is 0 Å². The van der Waals surface area contributed by atoms with Gasteiger partial charge in [0.25, 0.3) is 5.91 Å². The van der Waals surface area contributed by atoms with Crippen LogP contribution in [0.4, 0.5) is 5.82 Å². The molecule has 0 aliphatic carbocycles. The predicted octanol–water partition coefficient (Wildman–Crippen LogP) is 3.22. The van der Waals surface area contributed by atoms with Gasteiger partial charge >= 0.3 is 0 Å². The van der Waals surface area contributed by atoms with E-state index in [4.69, 9.17) is 23.2 Å². The van der Waals surface area contributed by atoms with E-state index in [1.807, 2.05) is 24.3 Å². The molecule has 23 heavy (non-hydrogen) atoms. The molecule has 0 unspecified atom stereocenters. The van der Waals surface area contributed by atoms with Crippen molar-refractivity contribution in [3.05, 3.63) is 64.0 Å². The molecule has 0 radical (unpaired) electrons. The fourth-order valence-corrected chi connectivity index (χ4v) is 2.43. The number of anilines is 1. The topological polar surface area (TPSA) is 64.7 Å². The van der Waals surface area contributed by atoms with Gasteiger partial charge in [0, 0.05) is 24.5 Å². The van der Waals surface area contributed by atoms with E-state index in [1.54, 1.807) is 30.2 Å². The summed E-state index contributed by atoms with van der Waals surface area (Å²) in [5.41, 5.74) is 1.45. The number of hydrogen-bond donors (Lipinski definition) is 1. The molecule has 6 nitrogen and oxygen atoms in total. The molecule has 0 fully saturated rings. The molecule has 1 N–H and O–H groups in total. The number of amides is 1. The van der Waals surface area contributed by atoms with Gasteiger partial charge in [0.05, 0.1) is 6.54 Å². The van der Waals surface area contributed by atoms with Crippen LogP contribution in [0.2, 0.25) is 10.0 Å². The van der Waals surface area contributed by atoms with Crippen molar-refractivity contribution in [3.63, 3.8) is 0 Å². The third kappa shape index (κ3) is 3.55. The Balaban J connectivity index is 1.74. The zero-order valence-electron chi connectivity index (χ0n) is 12.2. The number of hydrogen-bond acceptors (Lipinski definition) is 3. The number of nitrogens with one attached hydrogen (secondary N) is 1. The van der Waals surface area contributed by atoms with Gasteiger partial charge in [-0.25, -0.2) is 0 Å². The first-order valence-corrected chi connectivity index (χ1v) is 7.55. The summed E-state index contributed by atoms with van der Waals surface area (Å²) in [4.78, 5) is 12.2. The molecule has 118 valence electrons. The van der Waals surface area contributed by atoms with Crippen molar-refractivity contribution in [2.75, 3.05) is 5.32 Å². The van der Waals surface area contributed by atoms with Crippen molar-refractivity contribution in [1.82, 2.24) is 19.6 Å².